The van der Waals surface area contributed by atoms with Gasteiger partial charge in [0, 0.05) is 18.0 Å². The first-order chi connectivity index (χ1) is 15.6. The molecule has 3 rings (SSSR count). The molecule has 2 amide bonds. The highest BCUT2D eigenvalue weighted by atomic mass is 16.5. The van der Waals surface area contributed by atoms with Crippen molar-refractivity contribution in [2.75, 3.05) is 27.2 Å². The first-order valence-electron chi connectivity index (χ1n) is 10.9. The lowest BCUT2D eigenvalue weighted by molar-refractivity contribution is -0.139. The molecule has 33 heavy (non-hydrogen) atoms. The van der Waals surface area contributed by atoms with E-state index in [-0.39, 0.29) is 18.1 Å². The number of hydrogen-bond acceptors (Lipinski definition) is 5. The number of carboxylic acid groups (broad SMARTS) is 1. The molecule has 0 radical (unpaired) electrons. The zero-order valence-electron chi connectivity index (χ0n) is 19.4. The number of benzene rings is 2. The van der Waals surface area contributed by atoms with E-state index in [0.717, 1.165) is 22.3 Å². The number of alkyl carbamates (subject to hydrolysis) is 1. The van der Waals surface area contributed by atoms with Gasteiger partial charge in [-0.2, -0.15) is 0 Å². The molecule has 8 nitrogen and oxygen atoms in total. The van der Waals surface area contributed by atoms with E-state index in [4.69, 9.17) is 4.74 Å². The number of hydrogen-bond donors (Lipinski definition) is 3. The highest BCUT2D eigenvalue weighted by molar-refractivity contribution is 5.89. The van der Waals surface area contributed by atoms with E-state index in [2.05, 4.69) is 10.6 Å². The molecule has 1 atom stereocenters. The Morgan fingerprint density at radius 3 is 2.09 bits per heavy atom. The fourth-order valence-corrected chi connectivity index (χ4v) is 3.75. The predicted octanol–water partition coefficient (Wildman–Crippen LogP) is 2.82. The number of rotatable bonds is 9. The third-order valence-corrected chi connectivity index (χ3v) is 6.24. The molecular formula is C25H31N3O5. The molecule has 1 aliphatic rings. The van der Waals surface area contributed by atoms with Crippen LogP contribution in [0.15, 0.2) is 48.5 Å². The number of ether oxygens (including phenoxy) is 1. The minimum absolute atomic E-state index is 0.0783. The second-order valence-electron chi connectivity index (χ2n) is 9.05. The van der Waals surface area contributed by atoms with Gasteiger partial charge in [-0.15, -0.1) is 0 Å². The molecule has 0 saturated heterocycles. The molecule has 0 spiro atoms. The Kier molecular flexibility index (Phi) is 7.38. The molecule has 3 N–H and O–H groups in total. The van der Waals surface area contributed by atoms with Crippen molar-refractivity contribution in [1.82, 2.24) is 15.5 Å². The van der Waals surface area contributed by atoms with Crippen LogP contribution in [-0.2, 0) is 14.3 Å². The molecule has 1 aliphatic carbocycles. The van der Waals surface area contributed by atoms with Crippen molar-refractivity contribution >= 4 is 18.0 Å². The number of fused-ring (bicyclic) bond motifs is 3. The van der Waals surface area contributed by atoms with Gasteiger partial charge in [0.05, 0.1) is 6.42 Å². The summed E-state index contributed by atoms with van der Waals surface area (Å²) in [7, 11) is 3.77. The van der Waals surface area contributed by atoms with E-state index in [0.29, 0.717) is 6.54 Å². The lowest BCUT2D eigenvalue weighted by Gasteiger charge is -2.33. The summed E-state index contributed by atoms with van der Waals surface area (Å²) in [5.41, 5.74) is 4.00. The van der Waals surface area contributed by atoms with Crippen LogP contribution in [0.2, 0.25) is 0 Å². The number of nitrogens with zero attached hydrogens (tertiary/aromatic N) is 1. The Bertz CT molecular complexity index is 989. The van der Waals surface area contributed by atoms with Crippen LogP contribution in [0.5, 0.6) is 0 Å². The Balaban J connectivity index is 1.64. The van der Waals surface area contributed by atoms with Gasteiger partial charge in [-0.3, -0.25) is 9.59 Å². The Morgan fingerprint density at radius 1 is 1.03 bits per heavy atom. The van der Waals surface area contributed by atoms with Crippen molar-refractivity contribution in [3.8, 4) is 11.1 Å². The number of amides is 2. The van der Waals surface area contributed by atoms with Gasteiger partial charge < -0.3 is 25.4 Å². The lowest BCUT2D eigenvalue weighted by Crippen LogP contribution is -2.53. The SMILES string of the molecule is CN(C)C(C)(C)CNC(=O)C(CC(=O)O)NC(=O)OCC1c2ccccc2-c2ccccc21. The molecule has 0 bridgehead atoms. The number of aliphatic carboxylic acids is 1. The Morgan fingerprint density at radius 2 is 1.58 bits per heavy atom. The van der Waals surface area contributed by atoms with Gasteiger partial charge in [-0.25, -0.2) is 4.79 Å². The number of carbonyl (C=O) groups is 3. The topological polar surface area (TPSA) is 108 Å². The molecule has 2 aromatic rings. The normalized spacial score (nSPS) is 13.7. The van der Waals surface area contributed by atoms with Crippen molar-refractivity contribution in [2.45, 2.75) is 37.8 Å². The van der Waals surface area contributed by atoms with Gasteiger partial charge in [0.25, 0.3) is 0 Å². The van der Waals surface area contributed by atoms with E-state index in [1.165, 1.54) is 0 Å². The van der Waals surface area contributed by atoms with Crippen LogP contribution < -0.4 is 10.6 Å². The second-order valence-corrected chi connectivity index (χ2v) is 9.05. The van der Waals surface area contributed by atoms with Crippen LogP contribution in [0.25, 0.3) is 11.1 Å². The molecule has 176 valence electrons. The maximum absolute atomic E-state index is 12.6. The Hall–Kier alpha value is -3.39. The molecule has 2 aromatic carbocycles. The maximum atomic E-state index is 12.6. The molecule has 1 unspecified atom stereocenters. The summed E-state index contributed by atoms with van der Waals surface area (Å²) in [4.78, 5) is 38.3. The van der Waals surface area contributed by atoms with Crippen LogP contribution >= 0.6 is 0 Å². The summed E-state index contributed by atoms with van der Waals surface area (Å²) in [6.07, 6.45) is -1.37. The van der Waals surface area contributed by atoms with Gasteiger partial charge in [-0.1, -0.05) is 48.5 Å². The average molecular weight is 454 g/mol. The number of carboxylic acids is 1. The molecule has 0 fully saturated rings. The summed E-state index contributed by atoms with van der Waals surface area (Å²) < 4.78 is 5.45. The third kappa shape index (κ3) is 5.70. The smallest absolute Gasteiger partial charge is 0.407 e. The standard InChI is InChI=1S/C25H31N3O5/c1-25(2,28(3)4)15-26-23(31)21(13-22(29)30)27-24(32)33-14-20-18-11-7-5-9-16(18)17-10-6-8-12-19(17)20/h5-12,20-21H,13-15H2,1-4H3,(H,26,31)(H,27,32)(H,29,30). The molecule has 8 heteroatoms. The summed E-state index contributed by atoms with van der Waals surface area (Å²) in [6, 6.07) is 14.7. The predicted molar refractivity (Wildman–Crippen MR) is 125 cm³/mol. The van der Waals surface area contributed by atoms with Crippen LogP contribution in [0.3, 0.4) is 0 Å². The van der Waals surface area contributed by atoms with Gasteiger partial charge in [0.1, 0.15) is 12.6 Å². The molecular weight excluding hydrogens is 422 g/mol. The third-order valence-electron chi connectivity index (χ3n) is 6.24. The van der Waals surface area contributed by atoms with Crippen molar-refractivity contribution in [1.29, 1.82) is 0 Å². The molecule has 0 heterocycles. The van der Waals surface area contributed by atoms with Crippen LogP contribution in [0, 0.1) is 0 Å². The van der Waals surface area contributed by atoms with Gasteiger partial charge >= 0.3 is 12.1 Å². The summed E-state index contributed by atoms with van der Waals surface area (Å²) in [5, 5.41) is 14.3. The minimum Gasteiger partial charge on any atom is -0.481 e. The fraction of sp³-hybridized carbons (Fsp3) is 0.400. The van der Waals surface area contributed by atoms with Crippen molar-refractivity contribution < 1.29 is 24.2 Å². The van der Waals surface area contributed by atoms with Crippen molar-refractivity contribution in [2.24, 2.45) is 0 Å². The van der Waals surface area contributed by atoms with Crippen LogP contribution in [0.1, 0.15) is 37.3 Å². The van der Waals surface area contributed by atoms with E-state index in [1.807, 2.05) is 81.4 Å². The first kappa shape index (κ1) is 24.3. The minimum atomic E-state index is -1.24. The van der Waals surface area contributed by atoms with Gasteiger partial charge in [-0.05, 0) is 50.2 Å². The van der Waals surface area contributed by atoms with Gasteiger partial charge in [0.15, 0.2) is 0 Å². The maximum Gasteiger partial charge on any atom is 0.407 e. The quantitative estimate of drug-likeness (QED) is 0.539. The summed E-state index contributed by atoms with van der Waals surface area (Å²) in [6.45, 7) is 4.26. The van der Waals surface area contributed by atoms with Crippen LogP contribution in [0.4, 0.5) is 4.79 Å². The van der Waals surface area contributed by atoms with Crippen LogP contribution in [-0.4, -0.2) is 66.8 Å². The van der Waals surface area contributed by atoms with E-state index >= 15 is 0 Å². The Labute approximate surface area is 193 Å². The van der Waals surface area contributed by atoms with Crippen molar-refractivity contribution in [3.63, 3.8) is 0 Å². The monoisotopic (exact) mass is 453 g/mol. The molecule has 0 aromatic heterocycles. The molecule has 0 aliphatic heterocycles. The van der Waals surface area contributed by atoms with Gasteiger partial charge in [0.2, 0.25) is 5.91 Å². The largest absolute Gasteiger partial charge is 0.481 e. The summed E-state index contributed by atoms with van der Waals surface area (Å²) in [5.74, 6) is -1.89. The zero-order chi connectivity index (χ0) is 24.2. The number of likely N-dealkylation sites (N-methyl/N-ethyl adjacent to an activating group) is 1. The average Bonchev–Trinajstić information content (AvgIpc) is 3.09. The van der Waals surface area contributed by atoms with E-state index < -0.39 is 30.4 Å². The summed E-state index contributed by atoms with van der Waals surface area (Å²) >= 11 is 0. The lowest BCUT2D eigenvalue weighted by atomic mass is 9.98. The number of carbonyl (C=O) groups excluding carboxylic acids is 2. The van der Waals surface area contributed by atoms with E-state index in [1.54, 1.807) is 0 Å². The number of nitrogens with one attached hydrogen (secondary N) is 2. The zero-order valence-corrected chi connectivity index (χ0v) is 19.4. The second kappa shape index (κ2) is 10.0. The van der Waals surface area contributed by atoms with E-state index in [9.17, 15) is 19.5 Å². The first-order valence-corrected chi connectivity index (χ1v) is 10.9. The highest BCUT2D eigenvalue weighted by Gasteiger charge is 2.31. The fourth-order valence-electron chi connectivity index (χ4n) is 3.75. The molecule has 0 saturated carbocycles. The van der Waals surface area contributed by atoms with Crippen molar-refractivity contribution in [3.05, 3.63) is 59.7 Å². The highest BCUT2D eigenvalue weighted by Crippen LogP contribution is 2.44.